The molecular formula is C17H16F2N4O5. The maximum absolute atomic E-state index is 13.4. The molecule has 0 saturated carbocycles. The molecule has 1 aliphatic rings. The fourth-order valence-corrected chi connectivity index (χ4v) is 2.94. The van der Waals surface area contributed by atoms with Crippen LogP contribution < -0.4 is 21.9 Å². The average molecular weight is 394 g/mol. The number of hydrogen-bond donors (Lipinski definition) is 3. The first-order valence-electron chi connectivity index (χ1n) is 8.23. The molecule has 0 fully saturated rings. The van der Waals surface area contributed by atoms with Crippen LogP contribution in [-0.4, -0.2) is 35.1 Å². The molecule has 3 rings (SSSR count). The van der Waals surface area contributed by atoms with Gasteiger partial charge in [0, 0.05) is 25.3 Å². The molecule has 0 unspecified atom stereocenters. The summed E-state index contributed by atoms with van der Waals surface area (Å²) in [5.74, 6) is -4.91. The van der Waals surface area contributed by atoms with Crippen LogP contribution in [0, 0.1) is 11.6 Å². The van der Waals surface area contributed by atoms with Gasteiger partial charge in [-0.1, -0.05) is 0 Å². The summed E-state index contributed by atoms with van der Waals surface area (Å²) >= 11 is 0. The number of rotatable bonds is 5. The number of ether oxygens (including phenoxy) is 1. The third-order valence-corrected chi connectivity index (χ3v) is 4.25. The molecule has 0 saturated heterocycles. The van der Waals surface area contributed by atoms with Crippen molar-refractivity contribution >= 4 is 23.3 Å². The van der Waals surface area contributed by atoms with Crippen molar-refractivity contribution in [2.24, 2.45) is 0 Å². The topological polar surface area (TPSA) is 122 Å². The molecule has 0 radical (unpaired) electrons. The van der Waals surface area contributed by atoms with Crippen molar-refractivity contribution in [2.75, 3.05) is 24.4 Å². The standard InChI is InChI=1S/C17H16F2N4O5/c1-28-5-4-23-14-13(16(26)22-17(23)27)9(7-12(24)21-14)15(25)20-8-2-3-10(18)11(19)6-8/h2-3,6,9H,4-5,7H2,1H3,(H,20,25)(H,21,24)(H,22,26,27)/t9-/m0/s1. The zero-order valence-electron chi connectivity index (χ0n) is 14.7. The van der Waals surface area contributed by atoms with Gasteiger partial charge in [-0.3, -0.25) is 23.9 Å². The van der Waals surface area contributed by atoms with E-state index in [0.717, 1.165) is 22.8 Å². The summed E-state index contributed by atoms with van der Waals surface area (Å²) in [6.45, 7) is 0.159. The summed E-state index contributed by atoms with van der Waals surface area (Å²) in [5, 5.41) is 4.80. The summed E-state index contributed by atoms with van der Waals surface area (Å²) in [6, 6.07) is 2.76. The number of H-pyrrole nitrogens is 1. The molecule has 2 heterocycles. The van der Waals surface area contributed by atoms with E-state index in [-0.39, 0.29) is 36.6 Å². The summed E-state index contributed by atoms with van der Waals surface area (Å²) < 4.78 is 32.4. The highest BCUT2D eigenvalue weighted by atomic mass is 19.2. The Hall–Kier alpha value is -3.34. The van der Waals surface area contributed by atoms with Gasteiger partial charge in [0.05, 0.1) is 24.6 Å². The second-order valence-corrected chi connectivity index (χ2v) is 6.09. The number of aromatic nitrogens is 2. The van der Waals surface area contributed by atoms with E-state index in [1.807, 2.05) is 0 Å². The van der Waals surface area contributed by atoms with E-state index < -0.39 is 40.6 Å². The second-order valence-electron chi connectivity index (χ2n) is 6.09. The zero-order valence-corrected chi connectivity index (χ0v) is 14.7. The lowest BCUT2D eigenvalue weighted by Crippen LogP contribution is -2.43. The third-order valence-electron chi connectivity index (χ3n) is 4.25. The number of carbonyl (C=O) groups excluding carboxylic acids is 2. The Morgan fingerprint density at radius 1 is 1.29 bits per heavy atom. The number of carbonyl (C=O) groups is 2. The van der Waals surface area contributed by atoms with Crippen LogP contribution >= 0.6 is 0 Å². The molecule has 9 nitrogen and oxygen atoms in total. The number of nitrogens with one attached hydrogen (secondary N) is 3. The van der Waals surface area contributed by atoms with Gasteiger partial charge in [-0.25, -0.2) is 13.6 Å². The highest BCUT2D eigenvalue weighted by molar-refractivity contribution is 6.04. The number of nitrogens with zero attached hydrogens (tertiary/aromatic N) is 1. The molecule has 148 valence electrons. The molecular weight excluding hydrogens is 378 g/mol. The quantitative estimate of drug-likeness (QED) is 0.683. The second kappa shape index (κ2) is 7.72. The maximum atomic E-state index is 13.4. The normalized spacial score (nSPS) is 15.7. The van der Waals surface area contributed by atoms with Crippen molar-refractivity contribution in [3.05, 3.63) is 56.2 Å². The minimum atomic E-state index is -1.23. The largest absolute Gasteiger partial charge is 0.383 e. The van der Waals surface area contributed by atoms with Crippen LogP contribution in [-0.2, 0) is 20.9 Å². The number of halogens is 2. The van der Waals surface area contributed by atoms with Gasteiger partial charge in [0.25, 0.3) is 5.56 Å². The van der Waals surface area contributed by atoms with Crippen molar-refractivity contribution in [1.29, 1.82) is 0 Å². The van der Waals surface area contributed by atoms with Crippen molar-refractivity contribution in [1.82, 2.24) is 9.55 Å². The Kier molecular flexibility index (Phi) is 5.36. The molecule has 28 heavy (non-hydrogen) atoms. The van der Waals surface area contributed by atoms with E-state index in [2.05, 4.69) is 15.6 Å². The molecule has 2 aromatic rings. The predicted octanol–water partition coefficient (Wildman–Crippen LogP) is 0.526. The number of anilines is 2. The van der Waals surface area contributed by atoms with Crippen LogP contribution in [0.2, 0.25) is 0 Å². The molecule has 1 atom stereocenters. The van der Waals surface area contributed by atoms with E-state index in [4.69, 9.17) is 4.74 Å². The van der Waals surface area contributed by atoms with Crippen LogP contribution in [0.3, 0.4) is 0 Å². The summed E-state index contributed by atoms with van der Waals surface area (Å²) in [6.07, 6.45) is -0.353. The van der Waals surface area contributed by atoms with Gasteiger partial charge < -0.3 is 15.4 Å². The number of aromatic amines is 1. The number of fused-ring (bicyclic) bond motifs is 1. The lowest BCUT2D eigenvalue weighted by atomic mass is 9.92. The van der Waals surface area contributed by atoms with E-state index in [1.165, 1.54) is 7.11 Å². The lowest BCUT2D eigenvalue weighted by Gasteiger charge is -2.26. The first kappa shape index (κ1) is 19.4. The average Bonchev–Trinajstić information content (AvgIpc) is 2.63. The number of amides is 2. The van der Waals surface area contributed by atoms with Crippen molar-refractivity contribution in [2.45, 2.75) is 18.9 Å². The zero-order chi connectivity index (χ0) is 20.4. The molecule has 1 aromatic heterocycles. The first-order chi connectivity index (χ1) is 13.3. The smallest absolute Gasteiger partial charge is 0.330 e. The monoisotopic (exact) mass is 394 g/mol. The van der Waals surface area contributed by atoms with E-state index in [1.54, 1.807) is 0 Å². The maximum Gasteiger partial charge on any atom is 0.330 e. The van der Waals surface area contributed by atoms with E-state index in [9.17, 15) is 28.0 Å². The molecule has 3 N–H and O–H groups in total. The molecule has 2 amide bonds. The Balaban J connectivity index is 2.01. The molecule has 11 heteroatoms. The number of methoxy groups -OCH3 is 1. The molecule has 0 spiro atoms. The van der Waals surface area contributed by atoms with Crippen LogP contribution in [0.5, 0.6) is 0 Å². The summed E-state index contributed by atoms with van der Waals surface area (Å²) in [7, 11) is 1.42. The van der Waals surface area contributed by atoms with Gasteiger partial charge in [-0.05, 0) is 12.1 Å². The van der Waals surface area contributed by atoms with Gasteiger partial charge in [0.15, 0.2) is 11.6 Å². The van der Waals surface area contributed by atoms with Crippen LogP contribution in [0.1, 0.15) is 17.9 Å². The number of benzene rings is 1. The third kappa shape index (κ3) is 3.69. The molecule has 0 aliphatic carbocycles. The van der Waals surface area contributed by atoms with Crippen LogP contribution in [0.25, 0.3) is 0 Å². The highest BCUT2D eigenvalue weighted by Gasteiger charge is 2.35. The predicted molar refractivity (Wildman–Crippen MR) is 94.2 cm³/mol. The fourth-order valence-electron chi connectivity index (χ4n) is 2.94. The van der Waals surface area contributed by atoms with Crippen molar-refractivity contribution in [3.63, 3.8) is 0 Å². The number of hydrogen-bond acceptors (Lipinski definition) is 5. The Morgan fingerprint density at radius 3 is 2.71 bits per heavy atom. The van der Waals surface area contributed by atoms with Gasteiger partial charge in [-0.2, -0.15) is 0 Å². The van der Waals surface area contributed by atoms with Gasteiger partial charge >= 0.3 is 5.69 Å². The Morgan fingerprint density at radius 2 is 2.04 bits per heavy atom. The first-order valence-corrected chi connectivity index (χ1v) is 8.23. The van der Waals surface area contributed by atoms with Gasteiger partial charge in [0.2, 0.25) is 11.8 Å². The SMILES string of the molecule is COCCn1c2c(c(=O)[nH]c1=O)[C@@H](C(=O)Nc1ccc(F)c(F)c1)CC(=O)N2. The van der Waals surface area contributed by atoms with E-state index in [0.29, 0.717) is 0 Å². The lowest BCUT2D eigenvalue weighted by molar-refractivity contribution is -0.123. The summed E-state index contributed by atoms with van der Waals surface area (Å²) in [5.41, 5.74) is -1.72. The molecule has 1 aliphatic heterocycles. The Bertz CT molecular complexity index is 1060. The van der Waals surface area contributed by atoms with Crippen LogP contribution in [0.4, 0.5) is 20.3 Å². The highest BCUT2D eigenvalue weighted by Crippen LogP contribution is 2.29. The van der Waals surface area contributed by atoms with Crippen LogP contribution in [0.15, 0.2) is 27.8 Å². The summed E-state index contributed by atoms with van der Waals surface area (Å²) in [4.78, 5) is 51.3. The van der Waals surface area contributed by atoms with Crippen molar-refractivity contribution in [3.8, 4) is 0 Å². The van der Waals surface area contributed by atoms with Gasteiger partial charge in [-0.15, -0.1) is 0 Å². The molecule has 0 bridgehead atoms. The molecule has 1 aromatic carbocycles. The minimum absolute atomic E-state index is 0.0340. The van der Waals surface area contributed by atoms with E-state index >= 15 is 0 Å². The van der Waals surface area contributed by atoms with Crippen molar-refractivity contribution < 1.29 is 23.1 Å². The Labute approximate surface area is 156 Å². The fraction of sp³-hybridized carbons (Fsp3) is 0.294. The minimum Gasteiger partial charge on any atom is -0.383 e. The van der Waals surface area contributed by atoms with Gasteiger partial charge in [0.1, 0.15) is 5.82 Å².